The van der Waals surface area contributed by atoms with E-state index in [9.17, 15) is 19.2 Å². The lowest BCUT2D eigenvalue weighted by Crippen LogP contribution is -2.37. The van der Waals surface area contributed by atoms with Gasteiger partial charge in [0.1, 0.15) is 12.0 Å². The van der Waals surface area contributed by atoms with Gasteiger partial charge in [-0.1, -0.05) is 19.9 Å². The van der Waals surface area contributed by atoms with Gasteiger partial charge in [0.05, 0.1) is 0 Å². The second-order valence-electron chi connectivity index (χ2n) is 5.60. The van der Waals surface area contributed by atoms with E-state index in [0.29, 0.717) is 10.6 Å². The van der Waals surface area contributed by atoms with Crippen LogP contribution in [0.25, 0.3) is 0 Å². The Hall–Kier alpha value is -2.98. The van der Waals surface area contributed by atoms with Crippen molar-refractivity contribution in [2.24, 2.45) is 0 Å². The van der Waals surface area contributed by atoms with Crippen LogP contribution in [-0.2, 0) is 23.9 Å². The lowest BCUT2D eigenvalue weighted by atomic mass is 10.2. The molecule has 2 rings (SSSR count). The van der Waals surface area contributed by atoms with E-state index in [-0.39, 0.29) is 33.4 Å². The molecule has 1 aromatic carbocycles. The first-order valence-electron chi connectivity index (χ1n) is 8.15. The summed E-state index contributed by atoms with van der Waals surface area (Å²) in [5.41, 5.74) is 0.307. The molecule has 0 aliphatic carbocycles. The lowest BCUT2D eigenvalue weighted by molar-refractivity contribution is -0.174. The zero-order valence-corrected chi connectivity index (χ0v) is 15.1. The van der Waals surface area contributed by atoms with Gasteiger partial charge in [0.15, 0.2) is 6.29 Å². The summed E-state index contributed by atoms with van der Waals surface area (Å²) in [5, 5.41) is 3.01. The molecule has 0 aromatic heterocycles. The van der Waals surface area contributed by atoms with Crippen LogP contribution < -0.4 is 10.1 Å². The molecule has 1 aliphatic rings. The molecule has 0 radical (unpaired) electrons. The molecule has 1 fully saturated rings. The van der Waals surface area contributed by atoms with Gasteiger partial charge in [-0.2, -0.15) is 0 Å². The minimum Gasteiger partial charge on any atom is -0.393 e. The minimum atomic E-state index is -1.23. The molecule has 162 valence electrons. The molecule has 0 spiro atoms. The van der Waals surface area contributed by atoms with Crippen molar-refractivity contribution < 1.29 is 38.2 Å². The second kappa shape index (κ2) is 11.8. The van der Waals surface area contributed by atoms with Gasteiger partial charge in [-0.3, -0.25) is 19.2 Å². The van der Waals surface area contributed by atoms with Gasteiger partial charge in [-0.05, 0) is 38.1 Å². The summed E-state index contributed by atoms with van der Waals surface area (Å²) in [6.45, 7) is 3.35. The van der Waals surface area contributed by atoms with Crippen LogP contribution in [0.15, 0.2) is 24.3 Å². The normalized spacial score (nSPS) is 14.9. The van der Waals surface area contributed by atoms with Crippen molar-refractivity contribution in [1.29, 1.82) is 0 Å². The Balaban J connectivity index is 0.00000392. The Kier molecular flexibility index (Phi) is 10.6. The number of ether oxygens (including phenoxy) is 3. The monoisotopic (exact) mass is 412 g/mol. The number of imide groups is 1. The number of amides is 3. The zero-order valence-electron chi connectivity index (χ0n) is 15.1. The number of carbonyl (C=O) groups excluding carboxylic acids is 4. The number of hydrogen-bond acceptors (Lipinski definition) is 8. The number of nitrogens with one attached hydrogen (secondary N) is 1. The van der Waals surface area contributed by atoms with Crippen molar-refractivity contribution in [2.45, 2.75) is 54.1 Å². The average Bonchev–Trinajstić information content (AvgIpc) is 2.93. The third kappa shape index (κ3) is 7.51. The van der Waals surface area contributed by atoms with Crippen LogP contribution >= 0.6 is 0 Å². The third-order valence-corrected chi connectivity index (χ3v) is 3.55. The van der Waals surface area contributed by atoms with E-state index >= 15 is 0 Å². The molecule has 2 atom stereocenters. The Bertz CT molecular complexity index is 703. The fraction of sp³-hybridized carbons (Fsp3) is 0.474. The number of nitrogens with zero attached hydrogens (tertiary/aromatic N) is 1. The Morgan fingerprint density at radius 2 is 1.59 bits per heavy atom. The van der Waals surface area contributed by atoms with E-state index in [2.05, 4.69) is 10.2 Å². The fourth-order valence-corrected chi connectivity index (χ4v) is 2.17. The SMILES string of the molecule is C.C.COC(C)OC(C)NC(=O)c1ccc(OC(=O)ON2C(=O)CCC2=O)cc1. The number of methoxy groups -OCH3 is 1. The highest BCUT2D eigenvalue weighted by atomic mass is 16.8. The Morgan fingerprint density at radius 1 is 1.03 bits per heavy atom. The third-order valence-electron chi connectivity index (χ3n) is 3.55. The molecule has 29 heavy (non-hydrogen) atoms. The van der Waals surface area contributed by atoms with Crippen molar-refractivity contribution in [1.82, 2.24) is 10.4 Å². The number of rotatable bonds is 7. The minimum absolute atomic E-state index is 0. The average molecular weight is 412 g/mol. The van der Waals surface area contributed by atoms with Crippen molar-refractivity contribution in [2.75, 3.05) is 7.11 Å². The molecule has 1 aliphatic heterocycles. The molecule has 10 heteroatoms. The quantitative estimate of drug-likeness (QED) is 0.314. The summed E-state index contributed by atoms with van der Waals surface area (Å²) in [6.07, 6.45) is -2.31. The van der Waals surface area contributed by atoms with E-state index in [1.165, 1.54) is 31.4 Å². The fourth-order valence-electron chi connectivity index (χ4n) is 2.17. The van der Waals surface area contributed by atoms with Crippen LogP contribution in [0.2, 0.25) is 0 Å². The standard InChI is InChI=1S/C17H20N2O8.2CH4/c1-10(25-11(2)24-3)18-16(22)12-4-6-13(7-5-12)26-17(23)27-19-14(20)8-9-15(19)21;;/h4-7,10-11H,8-9H2,1-3H3,(H,18,22);2*1H4. The smallest absolute Gasteiger partial charge is 0.393 e. The van der Waals surface area contributed by atoms with Gasteiger partial charge < -0.3 is 19.5 Å². The highest BCUT2D eigenvalue weighted by Gasteiger charge is 2.33. The molecule has 1 N–H and O–H groups in total. The van der Waals surface area contributed by atoms with Crippen LogP contribution in [0.1, 0.15) is 51.9 Å². The van der Waals surface area contributed by atoms with E-state index < -0.39 is 36.4 Å². The van der Waals surface area contributed by atoms with Crippen LogP contribution in [0.3, 0.4) is 0 Å². The topological polar surface area (TPSA) is 120 Å². The van der Waals surface area contributed by atoms with Crippen molar-refractivity contribution in [3.05, 3.63) is 29.8 Å². The highest BCUT2D eigenvalue weighted by molar-refractivity contribution is 6.01. The maximum atomic E-state index is 12.1. The van der Waals surface area contributed by atoms with E-state index in [1.54, 1.807) is 13.8 Å². The van der Waals surface area contributed by atoms with Crippen LogP contribution in [0, 0.1) is 0 Å². The summed E-state index contributed by atoms with van der Waals surface area (Å²) in [4.78, 5) is 51.1. The molecule has 0 bridgehead atoms. The number of carbonyl (C=O) groups is 4. The second-order valence-corrected chi connectivity index (χ2v) is 5.60. The number of hydroxylamine groups is 2. The number of hydrogen-bond donors (Lipinski definition) is 1. The molecule has 1 heterocycles. The largest absolute Gasteiger partial charge is 0.539 e. The van der Waals surface area contributed by atoms with Crippen molar-refractivity contribution in [3.8, 4) is 5.75 Å². The predicted molar refractivity (Wildman–Crippen MR) is 103 cm³/mol. The first kappa shape index (κ1) is 26.0. The molecule has 10 nitrogen and oxygen atoms in total. The van der Waals surface area contributed by atoms with Gasteiger partial charge in [-0.15, -0.1) is 0 Å². The Morgan fingerprint density at radius 3 is 2.10 bits per heavy atom. The van der Waals surface area contributed by atoms with Gasteiger partial charge in [-0.25, -0.2) is 4.79 Å². The predicted octanol–water partition coefficient (Wildman–Crippen LogP) is 2.62. The summed E-state index contributed by atoms with van der Waals surface area (Å²) >= 11 is 0. The molecule has 3 amide bonds. The Labute approximate surface area is 170 Å². The summed E-state index contributed by atoms with van der Waals surface area (Å²) in [7, 11) is 1.48. The van der Waals surface area contributed by atoms with Gasteiger partial charge in [0.25, 0.3) is 17.7 Å². The number of benzene rings is 1. The molecular formula is C19H28N2O8. The summed E-state index contributed by atoms with van der Waals surface area (Å²) in [6, 6.07) is 5.59. The van der Waals surface area contributed by atoms with E-state index in [1.807, 2.05) is 0 Å². The maximum Gasteiger partial charge on any atom is 0.539 e. The van der Waals surface area contributed by atoms with Crippen LogP contribution in [0.5, 0.6) is 5.75 Å². The molecular weight excluding hydrogens is 384 g/mol. The van der Waals surface area contributed by atoms with Crippen molar-refractivity contribution >= 4 is 23.9 Å². The molecule has 2 unspecified atom stereocenters. The van der Waals surface area contributed by atoms with Crippen molar-refractivity contribution in [3.63, 3.8) is 0 Å². The summed E-state index contributed by atoms with van der Waals surface area (Å²) < 4.78 is 15.2. The maximum absolute atomic E-state index is 12.1. The first-order chi connectivity index (χ1) is 12.8. The van der Waals surface area contributed by atoms with Crippen LogP contribution in [-0.4, -0.2) is 48.6 Å². The molecule has 1 saturated heterocycles. The van der Waals surface area contributed by atoms with Gasteiger partial charge in [0.2, 0.25) is 0 Å². The zero-order chi connectivity index (χ0) is 20.0. The van der Waals surface area contributed by atoms with Gasteiger partial charge in [0, 0.05) is 25.5 Å². The van der Waals surface area contributed by atoms with Gasteiger partial charge >= 0.3 is 6.16 Å². The van der Waals surface area contributed by atoms with Crippen LogP contribution in [0.4, 0.5) is 4.79 Å². The van der Waals surface area contributed by atoms with E-state index in [4.69, 9.17) is 14.2 Å². The lowest BCUT2D eigenvalue weighted by Gasteiger charge is -2.19. The highest BCUT2D eigenvalue weighted by Crippen LogP contribution is 2.16. The summed E-state index contributed by atoms with van der Waals surface area (Å²) in [5.74, 6) is -1.53. The molecule has 1 aromatic rings. The first-order valence-corrected chi connectivity index (χ1v) is 8.15. The van der Waals surface area contributed by atoms with E-state index in [0.717, 1.165) is 0 Å². The molecule has 0 saturated carbocycles.